The van der Waals surface area contributed by atoms with Crippen LogP contribution in [0.5, 0.6) is 11.5 Å². The van der Waals surface area contributed by atoms with Crippen molar-refractivity contribution in [3.63, 3.8) is 0 Å². The Bertz CT molecular complexity index is 518. The number of methoxy groups -OCH3 is 2. The molecule has 1 aliphatic rings. The van der Waals surface area contributed by atoms with E-state index in [1.165, 1.54) is 0 Å². The van der Waals surface area contributed by atoms with Gasteiger partial charge in [0.1, 0.15) is 0 Å². The molecule has 0 N–H and O–H groups in total. The SMILES string of the molecule is COc1ccc([C@H]2CC=CC[C@@H]2N=C=O)cc1OC. The van der Waals surface area contributed by atoms with Crippen LogP contribution in [0.1, 0.15) is 24.3 Å². The summed E-state index contributed by atoms with van der Waals surface area (Å²) >= 11 is 0. The van der Waals surface area contributed by atoms with Gasteiger partial charge in [0, 0.05) is 5.92 Å². The standard InChI is InChI=1S/C15H17NO3/c1-18-14-8-7-11(9-15(14)19-2)12-5-3-4-6-13(12)16-10-17/h3-4,7-9,12-13H,5-6H2,1-2H3/t12-,13+/m1/s1. The number of hydrogen-bond acceptors (Lipinski definition) is 4. The Morgan fingerprint density at radius 1 is 1.16 bits per heavy atom. The predicted octanol–water partition coefficient (Wildman–Crippen LogP) is 2.84. The number of rotatable bonds is 4. The Balaban J connectivity index is 2.34. The van der Waals surface area contributed by atoms with E-state index in [2.05, 4.69) is 17.1 Å². The van der Waals surface area contributed by atoms with Crippen LogP contribution < -0.4 is 9.47 Å². The van der Waals surface area contributed by atoms with E-state index in [1.54, 1.807) is 20.3 Å². The third kappa shape index (κ3) is 2.85. The maximum absolute atomic E-state index is 10.5. The van der Waals surface area contributed by atoms with Crippen molar-refractivity contribution in [1.29, 1.82) is 0 Å². The fourth-order valence-corrected chi connectivity index (χ4v) is 2.45. The normalized spacial score (nSPS) is 21.6. The number of carbonyl (C=O) groups excluding carboxylic acids is 1. The van der Waals surface area contributed by atoms with Crippen molar-refractivity contribution in [2.45, 2.75) is 24.8 Å². The van der Waals surface area contributed by atoms with Crippen molar-refractivity contribution >= 4 is 6.08 Å². The maximum atomic E-state index is 10.5. The maximum Gasteiger partial charge on any atom is 0.235 e. The molecule has 0 amide bonds. The zero-order valence-electron chi connectivity index (χ0n) is 11.1. The van der Waals surface area contributed by atoms with E-state index in [9.17, 15) is 4.79 Å². The van der Waals surface area contributed by atoms with E-state index >= 15 is 0 Å². The summed E-state index contributed by atoms with van der Waals surface area (Å²) in [7, 11) is 3.23. The third-order valence-electron chi connectivity index (χ3n) is 3.45. The Hall–Kier alpha value is -2.06. The van der Waals surface area contributed by atoms with Gasteiger partial charge in [-0.2, -0.15) is 0 Å². The minimum absolute atomic E-state index is 0.0411. The lowest BCUT2D eigenvalue weighted by atomic mass is 9.83. The molecule has 0 bridgehead atoms. The third-order valence-corrected chi connectivity index (χ3v) is 3.45. The number of ether oxygens (including phenoxy) is 2. The lowest BCUT2D eigenvalue weighted by molar-refractivity contribution is 0.353. The molecule has 2 rings (SSSR count). The number of allylic oxidation sites excluding steroid dienone is 1. The molecule has 0 heterocycles. The number of hydrogen-bond donors (Lipinski definition) is 0. The first-order valence-corrected chi connectivity index (χ1v) is 6.24. The van der Waals surface area contributed by atoms with Gasteiger partial charge < -0.3 is 9.47 Å². The number of aliphatic imine (C=N–C) groups is 1. The van der Waals surface area contributed by atoms with E-state index in [0.717, 1.165) is 18.4 Å². The Kier molecular flexibility index (Phi) is 4.37. The molecule has 1 aromatic carbocycles. The van der Waals surface area contributed by atoms with Gasteiger partial charge in [0.25, 0.3) is 0 Å². The second kappa shape index (κ2) is 6.21. The minimum atomic E-state index is -0.0411. The quantitative estimate of drug-likeness (QED) is 0.474. The molecule has 0 aliphatic heterocycles. The van der Waals surface area contributed by atoms with Crippen LogP contribution in [0.2, 0.25) is 0 Å². The summed E-state index contributed by atoms with van der Waals surface area (Å²) in [5.41, 5.74) is 1.10. The molecule has 19 heavy (non-hydrogen) atoms. The average molecular weight is 259 g/mol. The van der Waals surface area contributed by atoms with Crippen LogP contribution in [0.25, 0.3) is 0 Å². The van der Waals surface area contributed by atoms with E-state index < -0.39 is 0 Å². The first-order chi connectivity index (χ1) is 9.30. The van der Waals surface area contributed by atoms with Crippen molar-refractivity contribution in [3.05, 3.63) is 35.9 Å². The zero-order valence-corrected chi connectivity index (χ0v) is 11.1. The van der Waals surface area contributed by atoms with Crippen LogP contribution in [-0.4, -0.2) is 26.3 Å². The lowest BCUT2D eigenvalue weighted by Crippen LogP contribution is -2.18. The van der Waals surface area contributed by atoms with Crippen LogP contribution in [-0.2, 0) is 4.79 Å². The molecule has 1 aliphatic carbocycles. The first-order valence-electron chi connectivity index (χ1n) is 6.24. The van der Waals surface area contributed by atoms with Gasteiger partial charge in [-0.05, 0) is 30.5 Å². The summed E-state index contributed by atoms with van der Waals surface area (Å²) in [5, 5.41) is 0. The molecule has 0 radical (unpaired) electrons. The highest BCUT2D eigenvalue weighted by atomic mass is 16.5. The molecular formula is C15H17NO3. The number of nitrogens with zero attached hydrogens (tertiary/aromatic N) is 1. The fourth-order valence-electron chi connectivity index (χ4n) is 2.45. The molecule has 4 heteroatoms. The lowest BCUT2D eigenvalue weighted by Gasteiger charge is -2.25. The van der Waals surface area contributed by atoms with Gasteiger partial charge in [-0.1, -0.05) is 18.2 Å². The molecule has 0 saturated heterocycles. The van der Waals surface area contributed by atoms with Gasteiger partial charge in [0.2, 0.25) is 6.08 Å². The van der Waals surface area contributed by atoms with Crippen LogP contribution in [0.4, 0.5) is 0 Å². The van der Waals surface area contributed by atoms with Crippen molar-refractivity contribution < 1.29 is 14.3 Å². The number of isocyanates is 1. The molecule has 4 nitrogen and oxygen atoms in total. The second-order valence-corrected chi connectivity index (χ2v) is 4.45. The summed E-state index contributed by atoms with van der Waals surface area (Å²) in [5.74, 6) is 1.59. The van der Waals surface area contributed by atoms with Gasteiger partial charge in [-0.25, -0.2) is 9.79 Å². The molecular weight excluding hydrogens is 242 g/mol. The predicted molar refractivity (Wildman–Crippen MR) is 72.6 cm³/mol. The van der Waals surface area contributed by atoms with Crippen LogP contribution in [0.3, 0.4) is 0 Å². The highest BCUT2D eigenvalue weighted by Crippen LogP contribution is 2.36. The highest BCUT2D eigenvalue weighted by molar-refractivity contribution is 5.45. The second-order valence-electron chi connectivity index (χ2n) is 4.45. The molecule has 1 aromatic rings. The fraction of sp³-hybridized carbons (Fsp3) is 0.400. The van der Waals surface area contributed by atoms with E-state index in [4.69, 9.17) is 9.47 Å². The van der Waals surface area contributed by atoms with E-state index in [0.29, 0.717) is 11.5 Å². The summed E-state index contributed by atoms with van der Waals surface area (Å²) in [6, 6.07) is 5.79. The van der Waals surface area contributed by atoms with E-state index in [1.807, 2.05) is 18.2 Å². The largest absolute Gasteiger partial charge is 0.493 e. The summed E-state index contributed by atoms with van der Waals surface area (Å²) in [4.78, 5) is 14.4. The van der Waals surface area contributed by atoms with Crippen LogP contribution >= 0.6 is 0 Å². The molecule has 0 saturated carbocycles. The first kappa shape index (κ1) is 13.4. The highest BCUT2D eigenvalue weighted by Gasteiger charge is 2.24. The van der Waals surface area contributed by atoms with Gasteiger partial charge in [0.15, 0.2) is 11.5 Å². The minimum Gasteiger partial charge on any atom is -0.493 e. The summed E-state index contributed by atoms with van der Waals surface area (Å²) in [6.45, 7) is 0. The topological polar surface area (TPSA) is 47.9 Å². The van der Waals surface area contributed by atoms with Gasteiger partial charge in [0.05, 0.1) is 20.3 Å². The van der Waals surface area contributed by atoms with Crippen molar-refractivity contribution in [2.24, 2.45) is 4.99 Å². The van der Waals surface area contributed by atoms with Crippen LogP contribution in [0.15, 0.2) is 35.3 Å². The Morgan fingerprint density at radius 2 is 1.89 bits per heavy atom. The Labute approximate surface area is 112 Å². The number of benzene rings is 1. The molecule has 0 unspecified atom stereocenters. The molecule has 100 valence electrons. The van der Waals surface area contributed by atoms with Crippen molar-refractivity contribution in [1.82, 2.24) is 0 Å². The van der Waals surface area contributed by atoms with Gasteiger partial charge in [-0.3, -0.25) is 0 Å². The zero-order chi connectivity index (χ0) is 13.7. The van der Waals surface area contributed by atoms with Crippen LogP contribution in [0, 0.1) is 0 Å². The van der Waals surface area contributed by atoms with E-state index in [-0.39, 0.29) is 12.0 Å². The summed E-state index contributed by atoms with van der Waals surface area (Å²) < 4.78 is 10.5. The van der Waals surface area contributed by atoms with Crippen molar-refractivity contribution in [3.8, 4) is 11.5 Å². The van der Waals surface area contributed by atoms with Gasteiger partial charge in [-0.15, -0.1) is 0 Å². The van der Waals surface area contributed by atoms with Gasteiger partial charge >= 0.3 is 0 Å². The average Bonchev–Trinajstić information content (AvgIpc) is 2.47. The Morgan fingerprint density at radius 3 is 2.58 bits per heavy atom. The molecule has 0 fully saturated rings. The monoisotopic (exact) mass is 259 g/mol. The molecule has 0 aromatic heterocycles. The molecule has 0 spiro atoms. The molecule has 2 atom stereocenters. The van der Waals surface area contributed by atoms with Crippen molar-refractivity contribution in [2.75, 3.05) is 14.2 Å². The summed E-state index contributed by atoms with van der Waals surface area (Å²) in [6.07, 6.45) is 7.49. The smallest absolute Gasteiger partial charge is 0.235 e.